The molecule has 0 heterocycles. The van der Waals surface area contributed by atoms with E-state index in [0.717, 1.165) is 12.8 Å². The van der Waals surface area contributed by atoms with E-state index in [1.165, 1.54) is 11.8 Å². The standard InChI is InChI=1S/C14H28N2O3S/c1-5-11(6-2)16-13(17)10(4)20-9-8-12(15)14(18)19-7-3/h10-12H,5-9,15H2,1-4H3,(H,16,17). The Hall–Kier alpha value is -0.750. The second-order valence-corrected chi connectivity index (χ2v) is 6.13. The molecule has 6 heteroatoms. The molecule has 118 valence electrons. The van der Waals surface area contributed by atoms with Crippen LogP contribution in [0, 0.1) is 0 Å². The van der Waals surface area contributed by atoms with E-state index in [1.54, 1.807) is 6.92 Å². The average Bonchev–Trinajstić information content (AvgIpc) is 2.44. The molecule has 2 unspecified atom stereocenters. The van der Waals surface area contributed by atoms with Crippen LogP contribution in [0.1, 0.15) is 47.0 Å². The topological polar surface area (TPSA) is 81.4 Å². The third kappa shape index (κ3) is 7.75. The number of esters is 1. The molecule has 0 aromatic carbocycles. The largest absolute Gasteiger partial charge is 0.465 e. The van der Waals surface area contributed by atoms with Crippen molar-refractivity contribution in [3.8, 4) is 0 Å². The SMILES string of the molecule is CCOC(=O)C(N)CCSC(C)C(=O)NC(CC)CC. The van der Waals surface area contributed by atoms with Crippen LogP contribution in [-0.4, -0.2) is 41.6 Å². The summed E-state index contributed by atoms with van der Waals surface area (Å²) in [6, 6.07) is -0.357. The highest BCUT2D eigenvalue weighted by molar-refractivity contribution is 8.00. The summed E-state index contributed by atoms with van der Waals surface area (Å²) in [6.07, 6.45) is 2.40. The summed E-state index contributed by atoms with van der Waals surface area (Å²) in [6.45, 7) is 8.09. The summed E-state index contributed by atoms with van der Waals surface area (Å²) in [5, 5.41) is 2.88. The predicted octanol–water partition coefficient (Wildman–Crippen LogP) is 1.69. The van der Waals surface area contributed by atoms with Gasteiger partial charge in [-0.2, -0.15) is 0 Å². The number of hydrogen-bond acceptors (Lipinski definition) is 5. The van der Waals surface area contributed by atoms with Gasteiger partial charge in [0, 0.05) is 6.04 Å². The Morgan fingerprint density at radius 3 is 2.35 bits per heavy atom. The van der Waals surface area contributed by atoms with Crippen LogP contribution in [0.3, 0.4) is 0 Å². The van der Waals surface area contributed by atoms with Crippen LogP contribution in [-0.2, 0) is 14.3 Å². The van der Waals surface area contributed by atoms with E-state index < -0.39 is 6.04 Å². The number of carbonyl (C=O) groups is 2. The van der Waals surface area contributed by atoms with E-state index in [4.69, 9.17) is 10.5 Å². The molecule has 0 rings (SSSR count). The lowest BCUT2D eigenvalue weighted by atomic mass is 10.2. The van der Waals surface area contributed by atoms with Crippen molar-refractivity contribution in [1.82, 2.24) is 5.32 Å². The van der Waals surface area contributed by atoms with Gasteiger partial charge in [-0.1, -0.05) is 13.8 Å². The Balaban J connectivity index is 3.95. The Morgan fingerprint density at radius 1 is 1.25 bits per heavy atom. The number of carbonyl (C=O) groups excluding carboxylic acids is 2. The van der Waals surface area contributed by atoms with Crippen molar-refractivity contribution in [2.24, 2.45) is 5.73 Å². The number of ether oxygens (including phenoxy) is 1. The number of nitrogens with two attached hydrogens (primary N) is 1. The first kappa shape index (κ1) is 19.2. The number of rotatable bonds is 10. The molecule has 0 radical (unpaired) electrons. The lowest BCUT2D eigenvalue weighted by Gasteiger charge is -2.18. The molecule has 0 aliphatic rings. The number of hydrogen-bond donors (Lipinski definition) is 2. The van der Waals surface area contributed by atoms with Gasteiger partial charge in [-0.15, -0.1) is 11.8 Å². The summed E-state index contributed by atoms with van der Waals surface area (Å²) >= 11 is 1.51. The third-order valence-corrected chi connectivity index (χ3v) is 4.27. The first-order chi connectivity index (χ1) is 9.46. The summed E-state index contributed by atoms with van der Waals surface area (Å²) < 4.78 is 4.84. The summed E-state index contributed by atoms with van der Waals surface area (Å²) in [7, 11) is 0. The summed E-state index contributed by atoms with van der Waals surface area (Å²) in [5.41, 5.74) is 5.70. The fraction of sp³-hybridized carbons (Fsp3) is 0.857. The normalized spacial score (nSPS) is 13.9. The highest BCUT2D eigenvalue weighted by Crippen LogP contribution is 2.13. The first-order valence-electron chi connectivity index (χ1n) is 7.30. The molecule has 0 fully saturated rings. The molecule has 0 aromatic heterocycles. The smallest absolute Gasteiger partial charge is 0.322 e. The van der Waals surface area contributed by atoms with Gasteiger partial charge >= 0.3 is 5.97 Å². The highest BCUT2D eigenvalue weighted by atomic mass is 32.2. The molecule has 1 amide bonds. The summed E-state index contributed by atoms with van der Waals surface area (Å²) in [5.74, 6) is 0.341. The van der Waals surface area contributed by atoms with E-state index in [9.17, 15) is 9.59 Å². The highest BCUT2D eigenvalue weighted by Gasteiger charge is 2.18. The Bertz CT molecular complexity index is 296. The molecule has 0 saturated carbocycles. The Labute approximate surface area is 126 Å². The van der Waals surface area contributed by atoms with Crippen molar-refractivity contribution in [1.29, 1.82) is 0 Å². The molecule has 0 spiro atoms. The van der Waals surface area contributed by atoms with E-state index in [0.29, 0.717) is 18.8 Å². The van der Waals surface area contributed by atoms with Crippen molar-refractivity contribution in [3.63, 3.8) is 0 Å². The lowest BCUT2D eigenvalue weighted by molar-refractivity contribution is -0.144. The zero-order valence-electron chi connectivity index (χ0n) is 13.0. The van der Waals surface area contributed by atoms with Gasteiger partial charge in [0.15, 0.2) is 0 Å². The molecule has 0 aromatic rings. The van der Waals surface area contributed by atoms with Gasteiger partial charge in [-0.05, 0) is 38.9 Å². The van der Waals surface area contributed by atoms with Crippen LogP contribution >= 0.6 is 11.8 Å². The van der Waals surface area contributed by atoms with Crippen LogP contribution < -0.4 is 11.1 Å². The Kier molecular flexibility index (Phi) is 10.6. The molecular formula is C14H28N2O3S. The number of thioether (sulfide) groups is 1. The maximum absolute atomic E-state index is 11.9. The minimum absolute atomic E-state index is 0.0495. The number of nitrogens with one attached hydrogen (secondary N) is 1. The Morgan fingerprint density at radius 2 is 1.85 bits per heavy atom. The lowest BCUT2D eigenvalue weighted by Crippen LogP contribution is -2.39. The van der Waals surface area contributed by atoms with Crippen LogP contribution in [0.5, 0.6) is 0 Å². The fourth-order valence-electron chi connectivity index (χ4n) is 1.63. The van der Waals surface area contributed by atoms with Gasteiger partial charge in [0.05, 0.1) is 11.9 Å². The van der Waals surface area contributed by atoms with Gasteiger partial charge < -0.3 is 15.8 Å². The zero-order chi connectivity index (χ0) is 15.5. The van der Waals surface area contributed by atoms with Crippen LogP contribution in [0.25, 0.3) is 0 Å². The predicted molar refractivity (Wildman–Crippen MR) is 83.7 cm³/mol. The quantitative estimate of drug-likeness (QED) is 0.600. The van der Waals surface area contributed by atoms with Gasteiger partial charge in [0.2, 0.25) is 5.91 Å². The van der Waals surface area contributed by atoms with Crippen molar-refractivity contribution < 1.29 is 14.3 Å². The maximum atomic E-state index is 11.9. The van der Waals surface area contributed by atoms with Crippen molar-refractivity contribution in [3.05, 3.63) is 0 Å². The summed E-state index contributed by atoms with van der Waals surface area (Å²) in [4.78, 5) is 23.3. The molecule has 0 aliphatic carbocycles. The molecule has 0 saturated heterocycles. The second kappa shape index (κ2) is 11.0. The molecule has 20 heavy (non-hydrogen) atoms. The van der Waals surface area contributed by atoms with Gasteiger partial charge in [0.25, 0.3) is 0 Å². The second-order valence-electron chi connectivity index (χ2n) is 4.68. The first-order valence-corrected chi connectivity index (χ1v) is 8.35. The maximum Gasteiger partial charge on any atom is 0.322 e. The monoisotopic (exact) mass is 304 g/mol. The number of amides is 1. The van der Waals surface area contributed by atoms with Crippen LogP contribution in [0.2, 0.25) is 0 Å². The van der Waals surface area contributed by atoms with Crippen molar-refractivity contribution >= 4 is 23.6 Å². The minimum Gasteiger partial charge on any atom is -0.465 e. The molecule has 3 N–H and O–H groups in total. The average molecular weight is 304 g/mol. The van der Waals surface area contributed by atoms with Gasteiger partial charge in [-0.25, -0.2) is 0 Å². The fourth-order valence-corrected chi connectivity index (χ4v) is 2.59. The van der Waals surface area contributed by atoms with E-state index in [2.05, 4.69) is 19.2 Å². The molecular weight excluding hydrogens is 276 g/mol. The van der Waals surface area contributed by atoms with Crippen molar-refractivity contribution in [2.45, 2.75) is 64.3 Å². The van der Waals surface area contributed by atoms with E-state index >= 15 is 0 Å². The van der Waals surface area contributed by atoms with Gasteiger partial charge in [-0.3, -0.25) is 9.59 Å². The zero-order valence-corrected chi connectivity index (χ0v) is 13.8. The van der Waals surface area contributed by atoms with E-state index in [1.807, 2.05) is 6.92 Å². The molecule has 0 bridgehead atoms. The molecule has 0 aliphatic heterocycles. The van der Waals surface area contributed by atoms with Gasteiger partial charge in [0.1, 0.15) is 6.04 Å². The van der Waals surface area contributed by atoms with Crippen molar-refractivity contribution in [2.75, 3.05) is 12.4 Å². The molecule has 2 atom stereocenters. The van der Waals surface area contributed by atoms with Crippen LogP contribution in [0.15, 0.2) is 0 Å². The minimum atomic E-state index is -0.600. The molecule has 5 nitrogen and oxygen atoms in total. The third-order valence-electron chi connectivity index (χ3n) is 3.09. The van der Waals surface area contributed by atoms with Crippen LogP contribution in [0.4, 0.5) is 0 Å². The van der Waals surface area contributed by atoms with E-state index in [-0.39, 0.29) is 23.2 Å².